The minimum atomic E-state index is -0.265. The second-order valence-corrected chi connectivity index (χ2v) is 8.48. The number of amides is 1. The number of nitrogens with zero attached hydrogens (tertiary/aromatic N) is 3. The van der Waals surface area contributed by atoms with Gasteiger partial charge in [0.25, 0.3) is 6.47 Å². The molecule has 0 aliphatic carbocycles. The Labute approximate surface area is 186 Å². The lowest BCUT2D eigenvalue weighted by atomic mass is 9.89. The number of para-hydroxylation sites is 1. The van der Waals surface area contributed by atoms with Gasteiger partial charge < -0.3 is 19.3 Å². The van der Waals surface area contributed by atoms with E-state index in [-0.39, 0.29) is 18.5 Å². The maximum atomic E-state index is 13.0. The fourth-order valence-electron chi connectivity index (χ4n) is 5.25. The largest absolute Gasteiger partial charge is 0.494 e. The van der Waals surface area contributed by atoms with Crippen LogP contribution in [0.25, 0.3) is 0 Å². The summed E-state index contributed by atoms with van der Waals surface area (Å²) in [5.41, 5.74) is 3.20. The Kier molecular flexibility index (Phi) is 5.70. The molecule has 2 aromatic rings. The van der Waals surface area contributed by atoms with E-state index in [1.807, 2.05) is 12.1 Å². The summed E-state index contributed by atoms with van der Waals surface area (Å²) in [7, 11) is 0. The molecule has 0 aromatic heterocycles. The average Bonchev–Trinajstić information content (AvgIpc) is 3.12. The summed E-state index contributed by atoms with van der Waals surface area (Å²) in [6.45, 7) is 4.07. The lowest BCUT2D eigenvalue weighted by Crippen LogP contribution is -2.52. The highest BCUT2D eigenvalue weighted by Crippen LogP contribution is 2.50. The summed E-state index contributed by atoms with van der Waals surface area (Å²) < 4.78 is 23.6. The van der Waals surface area contributed by atoms with Gasteiger partial charge in [0.2, 0.25) is 5.91 Å². The second kappa shape index (κ2) is 8.78. The van der Waals surface area contributed by atoms with Crippen molar-refractivity contribution >= 4 is 23.8 Å². The highest BCUT2D eigenvalue weighted by molar-refractivity contribution is 6.04. The van der Waals surface area contributed by atoms with Crippen LogP contribution in [-0.2, 0) is 14.3 Å². The first-order valence-electron chi connectivity index (χ1n) is 11.0. The molecule has 5 rings (SSSR count). The Morgan fingerprint density at radius 2 is 2.00 bits per heavy atom. The summed E-state index contributed by atoms with van der Waals surface area (Å²) >= 11 is 0. The van der Waals surface area contributed by atoms with Crippen LogP contribution in [0.3, 0.4) is 0 Å². The van der Waals surface area contributed by atoms with E-state index in [0.717, 1.165) is 43.9 Å². The van der Waals surface area contributed by atoms with Crippen molar-refractivity contribution in [2.45, 2.75) is 24.8 Å². The summed E-state index contributed by atoms with van der Waals surface area (Å²) in [6.07, 6.45) is 1.89. The van der Waals surface area contributed by atoms with Crippen molar-refractivity contribution in [1.82, 2.24) is 4.90 Å². The maximum Gasteiger partial charge on any atom is 0.294 e. The Hall–Kier alpha value is -3.13. The van der Waals surface area contributed by atoms with Gasteiger partial charge in [0.1, 0.15) is 11.6 Å². The molecule has 0 radical (unpaired) electrons. The van der Waals surface area contributed by atoms with E-state index in [4.69, 9.17) is 9.47 Å². The molecule has 2 atom stereocenters. The van der Waals surface area contributed by atoms with E-state index in [9.17, 15) is 14.0 Å². The van der Waals surface area contributed by atoms with Crippen LogP contribution < -0.4 is 14.5 Å². The molecule has 32 heavy (non-hydrogen) atoms. The molecule has 0 N–H and O–H groups in total. The van der Waals surface area contributed by atoms with E-state index in [1.165, 1.54) is 17.7 Å². The van der Waals surface area contributed by atoms with E-state index in [0.29, 0.717) is 37.3 Å². The van der Waals surface area contributed by atoms with E-state index >= 15 is 0 Å². The molecule has 168 valence electrons. The van der Waals surface area contributed by atoms with Crippen LogP contribution in [0, 0.1) is 5.82 Å². The van der Waals surface area contributed by atoms with Gasteiger partial charge >= 0.3 is 0 Å². The van der Waals surface area contributed by atoms with Gasteiger partial charge in [0.05, 0.1) is 24.5 Å². The summed E-state index contributed by atoms with van der Waals surface area (Å²) in [5, 5.41) is 0. The number of carbonyl (C=O) groups excluding carboxylic acids is 2. The predicted octanol–water partition coefficient (Wildman–Crippen LogP) is 2.75. The number of likely N-dealkylation sites (tertiary alicyclic amines) is 1. The van der Waals surface area contributed by atoms with Crippen molar-refractivity contribution in [3.8, 4) is 5.75 Å². The molecule has 3 aliphatic rings. The van der Waals surface area contributed by atoms with Crippen molar-refractivity contribution in [2.24, 2.45) is 0 Å². The van der Waals surface area contributed by atoms with Gasteiger partial charge in [-0.05, 0) is 48.7 Å². The zero-order valence-electron chi connectivity index (χ0n) is 17.8. The van der Waals surface area contributed by atoms with Gasteiger partial charge in [-0.1, -0.05) is 12.1 Å². The van der Waals surface area contributed by atoms with Crippen LogP contribution in [-0.4, -0.2) is 62.8 Å². The zero-order valence-corrected chi connectivity index (χ0v) is 17.8. The quantitative estimate of drug-likeness (QED) is 0.466. The van der Waals surface area contributed by atoms with Gasteiger partial charge in [0, 0.05) is 31.6 Å². The maximum absolute atomic E-state index is 13.0. The number of fused-ring (bicyclic) bond motifs is 3. The number of halogens is 1. The molecule has 0 spiro atoms. The molecule has 1 amide bonds. The third-order valence-electron chi connectivity index (χ3n) is 6.66. The van der Waals surface area contributed by atoms with Gasteiger partial charge in [-0.25, -0.2) is 4.39 Å². The summed E-state index contributed by atoms with van der Waals surface area (Å²) in [4.78, 5) is 29.7. The number of anilines is 2. The second-order valence-electron chi connectivity index (χ2n) is 8.48. The van der Waals surface area contributed by atoms with Crippen molar-refractivity contribution in [3.63, 3.8) is 0 Å². The number of carbonyl (C=O) groups is 2. The molecule has 3 aliphatic heterocycles. The molecule has 0 saturated carbocycles. The van der Waals surface area contributed by atoms with E-state index in [2.05, 4.69) is 15.9 Å². The Morgan fingerprint density at radius 3 is 2.81 bits per heavy atom. The van der Waals surface area contributed by atoms with Crippen LogP contribution in [0.15, 0.2) is 42.5 Å². The molecule has 7 nitrogen and oxygen atoms in total. The number of ether oxygens (including phenoxy) is 2. The molecule has 3 heterocycles. The van der Waals surface area contributed by atoms with Crippen molar-refractivity contribution in [1.29, 1.82) is 0 Å². The number of piperidine rings is 1. The number of rotatable bonds is 8. The van der Waals surface area contributed by atoms with Crippen LogP contribution in [0.1, 0.15) is 24.3 Å². The van der Waals surface area contributed by atoms with Gasteiger partial charge in [-0.3, -0.25) is 14.5 Å². The average molecular weight is 439 g/mol. The first kappa shape index (κ1) is 20.8. The minimum Gasteiger partial charge on any atom is -0.494 e. The van der Waals surface area contributed by atoms with Crippen LogP contribution in [0.5, 0.6) is 5.75 Å². The molecule has 1 saturated heterocycles. The summed E-state index contributed by atoms with van der Waals surface area (Å²) in [6, 6.07) is 12.5. The van der Waals surface area contributed by atoms with Gasteiger partial charge in [-0.2, -0.15) is 0 Å². The number of hydrogen-bond donors (Lipinski definition) is 0. The Balaban J connectivity index is 1.23. The normalized spacial score (nSPS) is 21.8. The third kappa shape index (κ3) is 3.79. The Morgan fingerprint density at radius 1 is 1.16 bits per heavy atom. The SMILES string of the molecule is O=COCN1C(=O)CN2c3c(cccc31)[C@@H]1CN(CCCOc3ccc(F)cc3)CC[C@@H]12. The topological polar surface area (TPSA) is 62.3 Å². The highest BCUT2D eigenvalue weighted by atomic mass is 19.1. The first-order chi connectivity index (χ1) is 15.7. The fraction of sp³-hybridized carbons (Fsp3) is 0.417. The molecule has 0 bridgehead atoms. The van der Waals surface area contributed by atoms with E-state index in [1.54, 1.807) is 17.0 Å². The number of benzene rings is 2. The van der Waals surface area contributed by atoms with Crippen LogP contribution in [0.4, 0.5) is 15.8 Å². The van der Waals surface area contributed by atoms with Crippen LogP contribution >= 0.6 is 0 Å². The third-order valence-corrected chi connectivity index (χ3v) is 6.66. The van der Waals surface area contributed by atoms with Crippen molar-refractivity contribution in [3.05, 3.63) is 53.8 Å². The van der Waals surface area contributed by atoms with Gasteiger partial charge in [0.15, 0.2) is 6.73 Å². The first-order valence-corrected chi connectivity index (χ1v) is 11.0. The Bertz CT molecular complexity index is 999. The minimum absolute atomic E-state index is 0.0440. The molecule has 8 heteroatoms. The smallest absolute Gasteiger partial charge is 0.294 e. The molecule has 1 fully saturated rings. The lowest BCUT2D eigenvalue weighted by molar-refractivity contribution is -0.129. The molecular formula is C24H26FN3O4. The molecule has 2 aromatic carbocycles. The standard InChI is InChI=1S/C24H26FN3O4/c25-17-5-7-18(8-6-17)32-12-2-10-26-11-9-21-20(13-26)19-3-1-4-22-24(19)27(21)14-23(30)28(22)15-31-16-29/h1,3-8,16,20-21H,2,9-15H2/t20-,21-/m0/s1. The monoisotopic (exact) mass is 439 g/mol. The highest BCUT2D eigenvalue weighted by Gasteiger charge is 2.46. The summed E-state index contributed by atoms with van der Waals surface area (Å²) in [5.74, 6) is 0.720. The predicted molar refractivity (Wildman–Crippen MR) is 117 cm³/mol. The molecule has 0 unspecified atom stereocenters. The van der Waals surface area contributed by atoms with Gasteiger partial charge in [-0.15, -0.1) is 0 Å². The lowest BCUT2D eigenvalue weighted by Gasteiger charge is -2.41. The number of hydrogen-bond acceptors (Lipinski definition) is 6. The zero-order chi connectivity index (χ0) is 22.1. The molecular weight excluding hydrogens is 413 g/mol. The van der Waals surface area contributed by atoms with Crippen LogP contribution in [0.2, 0.25) is 0 Å². The van der Waals surface area contributed by atoms with Crippen molar-refractivity contribution in [2.75, 3.05) is 49.3 Å². The van der Waals surface area contributed by atoms with Crippen molar-refractivity contribution < 1.29 is 23.5 Å². The fourth-order valence-corrected chi connectivity index (χ4v) is 5.25. The van der Waals surface area contributed by atoms with E-state index < -0.39 is 0 Å².